The molecule has 1 N–H and O–H groups in total. The van der Waals surface area contributed by atoms with Crippen molar-refractivity contribution < 1.29 is 14.3 Å². The number of carbonyl (C=O) groups excluding carboxylic acids is 2. The molecule has 1 aromatic heterocycles. The van der Waals surface area contributed by atoms with Crippen molar-refractivity contribution in [2.24, 2.45) is 7.05 Å². The van der Waals surface area contributed by atoms with E-state index >= 15 is 0 Å². The SMILES string of the molecule is CC.COC(=O)c1ccc(C2(NC(=O)c3cc4c(Cl)c(Cl)ccc4n3C)CCN(c3ccccc3)C2)cc1. The molecule has 0 radical (unpaired) electrons. The Kier molecular flexibility index (Phi) is 8.34. The molecule has 0 bridgehead atoms. The third-order valence-corrected chi connectivity index (χ3v) is 7.77. The minimum atomic E-state index is -0.667. The maximum atomic E-state index is 13.7. The number of para-hydroxylation sites is 1. The van der Waals surface area contributed by atoms with E-state index in [1.165, 1.54) is 7.11 Å². The molecule has 4 aromatic rings. The quantitative estimate of drug-likeness (QED) is 0.276. The summed E-state index contributed by atoms with van der Waals surface area (Å²) in [6.07, 6.45) is 0.696. The summed E-state index contributed by atoms with van der Waals surface area (Å²) >= 11 is 12.6. The summed E-state index contributed by atoms with van der Waals surface area (Å²) in [6, 6.07) is 22.7. The Morgan fingerprint density at radius 2 is 1.66 bits per heavy atom. The van der Waals surface area contributed by atoms with E-state index in [2.05, 4.69) is 22.3 Å². The molecule has 0 spiro atoms. The summed E-state index contributed by atoms with van der Waals surface area (Å²) in [5.41, 5.74) is 3.11. The van der Waals surface area contributed by atoms with Gasteiger partial charge in [-0.3, -0.25) is 4.79 Å². The van der Waals surface area contributed by atoms with Crippen LogP contribution in [0.25, 0.3) is 10.9 Å². The van der Waals surface area contributed by atoms with Crippen molar-refractivity contribution in [2.75, 3.05) is 25.1 Å². The number of methoxy groups -OCH3 is 1. The number of nitrogens with one attached hydrogen (secondary N) is 1. The van der Waals surface area contributed by atoms with Crippen LogP contribution in [0.1, 0.15) is 46.7 Å². The van der Waals surface area contributed by atoms with Gasteiger partial charge in [0.25, 0.3) is 5.91 Å². The number of nitrogens with zero attached hydrogens (tertiary/aromatic N) is 2. The molecule has 1 atom stereocenters. The molecule has 5 rings (SSSR count). The maximum absolute atomic E-state index is 13.7. The van der Waals surface area contributed by atoms with Crippen LogP contribution in [-0.2, 0) is 17.3 Å². The molecule has 8 heteroatoms. The number of esters is 1. The first kappa shape index (κ1) is 27.6. The number of aryl methyl sites for hydroxylation is 1. The highest BCUT2D eigenvalue weighted by molar-refractivity contribution is 6.45. The second-order valence-corrected chi connectivity index (χ2v) is 9.78. The van der Waals surface area contributed by atoms with Crippen LogP contribution >= 0.6 is 23.2 Å². The Hall–Kier alpha value is -3.48. The fourth-order valence-corrected chi connectivity index (χ4v) is 5.35. The highest BCUT2D eigenvalue weighted by atomic mass is 35.5. The maximum Gasteiger partial charge on any atom is 0.337 e. The summed E-state index contributed by atoms with van der Waals surface area (Å²) in [5, 5.41) is 4.92. The fraction of sp³-hybridized carbons (Fsp3) is 0.267. The largest absolute Gasteiger partial charge is 0.465 e. The predicted molar refractivity (Wildman–Crippen MR) is 154 cm³/mol. The molecule has 198 valence electrons. The molecule has 1 unspecified atom stereocenters. The molecule has 0 saturated carbocycles. The van der Waals surface area contributed by atoms with Gasteiger partial charge in [-0.05, 0) is 54.4 Å². The van der Waals surface area contributed by atoms with Crippen LogP contribution in [0.3, 0.4) is 0 Å². The van der Waals surface area contributed by atoms with Crippen LogP contribution in [0.5, 0.6) is 0 Å². The molecule has 3 aromatic carbocycles. The number of anilines is 1. The van der Waals surface area contributed by atoms with Gasteiger partial charge in [0.15, 0.2) is 0 Å². The number of benzene rings is 3. The molecule has 1 amide bonds. The summed E-state index contributed by atoms with van der Waals surface area (Å²) in [4.78, 5) is 28.0. The van der Waals surface area contributed by atoms with Gasteiger partial charge >= 0.3 is 5.97 Å². The molecule has 0 aliphatic carbocycles. The van der Waals surface area contributed by atoms with Gasteiger partial charge in [-0.1, -0.05) is 67.4 Å². The monoisotopic (exact) mass is 551 g/mol. The van der Waals surface area contributed by atoms with Gasteiger partial charge in [0.1, 0.15) is 5.69 Å². The van der Waals surface area contributed by atoms with Crippen LogP contribution in [0.2, 0.25) is 10.0 Å². The first-order valence-corrected chi connectivity index (χ1v) is 13.3. The topological polar surface area (TPSA) is 63.6 Å². The zero-order valence-corrected chi connectivity index (χ0v) is 23.4. The standard InChI is InChI=1S/C28H25Cl2N3O3.C2H6/c1-32-23-13-12-22(29)25(30)21(23)16-24(32)26(34)31-28(19-10-8-18(9-11-19)27(35)36-2)14-15-33(17-28)20-6-4-3-5-7-20;1-2/h3-13,16H,14-15,17H2,1-2H3,(H,31,34);1-2H3. The Labute approximate surface area is 233 Å². The molecule has 38 heavy (non-hydrogen) atoms. The smallest absolute Gasteiger partial charge is 0.337 e. The molecular weight excluding hydrogens is 521 g/mol. The molecule has 6 nitrogen and oxygen atoms in total. The summed E-state index contributed by atoms with van der Waals surface area (Å²) < 4.78 is 6.67. The van der Waals surface area contributed by atoms with Gasteiger partial charge in [-0.25, -0.2) is 4.79 Å². The number of amides is 1. The van der Waals surface area contributed by atoms with Crippen molar-refractivity contribution in [1.82, 2.24) is 9.88 Å². The zero-order chi connectivity index (χ0) is 27.4. The minimum Gasteiger partial charge on any atom is -0.465 e. The van der Waals surface area contributed by atoms with Gasteiger partial charge in [-0.2, -0.15) is 0 Å². The first-order chi connectivity index (χ1) is 18.3. The second-order valence-electron chi connectivity index (χ2n) is 9.00. The van der Waals surface area contributed by atoms with Crippen LogP contribution in [-0.4, -0.2) is 36.6 Å². The number of carbonyl (C=O) groups is 2. The average Bonchev–Trinajstić information content (AvgIpc) is 3.54. The van der Waals surface area contributed by atoms with Gasteiger partial charge in [-0.15, -0.1) is 0 Å². The van der Waals surface area contributed by atoms with Crippen molar-refractivity contribution in [3.05, 3.63) is 99.7 Å². The highest BCUT2D eigenvalue weighted by Gasteiger charge is 2.42. The number of ether oxygens (including phenoxy) is 1. The van der Waals surface area contributed by atoms with Gasteiger partial charge in [0.2, 0.25) is 0 Å². The van der Waals surface area contributed by atoms with Gasteiger partial charge < -0.3 is 19.5 Å². The van der Waals surface area contributed by atoms with E-state index in [0.717, 1.165) is 28.7 Å². The third-order valence-electron chi connectivity index (χ3n) is 6.95. The lowest BCUT2D eigenvalue weighted by Crippen LogP contribution is -2.48. The van der Waals surface area contributed by atoms with Gasteiger partial charge in [0, 0.05) is 36.7 Å². The van der Waals surface area contributed by atoms with E-state index < -0.39 is 11.5 Å². The van der Waals surface area contributed by atoms with Crippen LogP contribution in [0.15, 0.2) is 72.8 Å². The average molecular weight is 553 g/mol. The first-order valence-electron chi connectivity index (χ1n) is 12.6. The van der Waals surface area contributed by atoms with E-state index in [-0.39, 0.29) is 5.91 Å². The highest BCUT2D eigenvalue weighted by Crippen LogP contribution is 2.37. The van der Waals surface area contributed by atoms with E-state index in [1.54, 1.807) is 24.3 Å². The molecule has 1 aliphatic rings. The van der Waals surface area contributed by atoms with E-state index in [0.29, 0.717) is 34.3 Å². The van der Waals surface area contributed by atoms with Gasteiger partial charge in [0.05, 0.1) is 28.3 Å². The molecular formula is C30H31Cl2N3O3. The molecule has 1 fully saturated rings. The number of halogens is 2. The summed E-state index contributed by atoms with van der Waals surface area (Å²) in [7, 11) is 3.19. The summed E-state index contributed by atoms with van der Waals surface area (Å²) in [5.74, 6) is -0.615. The van der Waals surface area contributed by atoms with E-state index in [1.807, 2.05) is 61.9 Å². The summed E-state index contributed by atoms with van der Waals surface area (Å²) in [6.45, 7) is 5.34. The van der Waals surface area contributed by atoms with Crippen molar-refractivity contribution in [2.45, 2.75) is 25.8 Å². The fourth-order valence-electron chi connectivity index (χ4n) is 4.97. The lowest BCUT2D eigenvalue weighted by molar-refractivity contribution is 0.0600. The van der Waals surface area contributed by atoms with Crippen molar-refractivity contribution in [3.63, 3.8) is 0 Å². The van der Waals surface area contributed by atoms with Crippen LogP contribution in [0.4, 0.5) is 5.69 Å². The van der Waals surface area contributed by atoms with E-state index in [9.17, 15) is 9.59 Å². The number of hydrogen-bond donors (Lipinski definition) is 1. The third kappa shape index (κ3) is 5.11. The van der Waals surface area contributed by atoms with Crippen LogP contribution < -0.4 is 10.2 Å². The molecule has 1 saturated heterocycles. The number of fused-ring (bicyclic) bond motifs is 1. The van der Waals surface area contributed by atoms with Crippen molar-refractivity contribution in [3.8, 4) is 0 Å². The number of rotatable bonds is 5. The van der Waals surface area contributed by atoms with E-state index in [4.69, 9.17) is 27.9 Å². The minimum absolute atomic E-state index is 0.215. The molecule has 1 aliphatic heterocycles. The molecule has 2 heterocycles. The van der Waals surface area contributed by atoms with Crippen LogP contribution in [0, 0.1) is 0 Å². The Morgan fingerprint density at radius 3 is 2.32 bits per heavy atom. The predicted octanol–water partition coefficient (Wildman–Crippen LogP) is 6.83. The lowest BCUT2D eigenvalue weighted by atomic mass is 9.88. The number of hydrogen-bond acceptors (Lipinski definition) is 4. The van der Waals surface area contributed by atoms with Crippen molar-refractivity contribution in [1.29, 1.82) is 0 Å². The zero-order valence-electron chi connectivity index (χ0n) is 21.9. The Bertz CT molecular complexity index is 1450. The Balaban J connectivity index is 0.00000164. The number of aromatic nitrogens is 1. The normalized spacial score (nSPS) is 16.6. The second kappa shape index (κ2) is 11.5. The van der Waals surface area contributed by atoms with Crippen molar-refractivity contribution >= 4 is 51.7 Å². The lowest BCUT2D eigenvalue weighted by Gasteiger charge is -2.32. The Morgan fingerprint density at radius 1 is 0.974 bits per heavy atom.